The molecule has 1 N–H and O–H groups in total. The summed E-state index contributed by atoms with van der Waals surface area (Å²) < 4.78 is 12.5. The van der Waals surface area contributed by atoms with Gasteiger partial charge in [-0.05, 0) is 47.9 Å². The molecule has 4 rings (SSSR count). The van der Waals surface area contributed by atoms with Gasteiger partial charge in [0.2, 0.25) is 0 Å². The fraction of sp³-hybridized carbons (Fsp3) is 0.154. The zero-order valence-corrected chi connectivity index (χ0v) is 18.3. The third-order valence-corrected chi connectivity index (χ3v) is 5.35. The van der Waals surface area contributed by atoms with E-state index in [9.17, 15) is 4.79 Å². The number of benzene rings is 3. The van der Waals surface area contributed by atoms with Crippen LogP contribution in [-0.2, 0) is 6.54 Å². The SMILES string of the molecule is COc1ccc(-c2cn(-c3ccccc3)nc2C(=O)NCc2ccccc2C)cc1OC. The Morgan fingerprint density at radius 2 is 1.66 bits per heavy atom. The van der Waals surface area contributed by atoms with Crippen LogP contribution in [0.15, 0.2) is 79.0 Å². The van der Waals surface area contributed by atoms with E-state index in [0.29, 0.717) is 29.3 Å². The average molecular weight is 428 g/mol. The lowest BCUT2D eigenvalue weighted by Gasteiger charge is -2.10. The van der Waals surface area contributed by atoms with Gasteiger partial charge in [-0.25, -0.2) is 4.68 Å². The summed E-state index contributed by atoms with van der Waals surface area (Å²) in [6.45, 7) is 2.45. The van der Waals surface area contributed by atoms with Crippen molar-refractivity contribution in [2.75, 3.05) is 14.2 Å². The standard InChI is InChI=1S/C26H25N3O3/c1-18-9-7-8-10-20(18)16-27-26(30)25-22(17-29(28-25)21-11-5-4-6-12-21)19-13-14-23(31-2)24(15-19)32-3/h4-15,17H,16H2,1-3H3,(H,27,30). The molecular formula is C26H25N3O3. The summed E-state index contributed by atoms with van der Waals surface area (Å²) >= 11 is 0. The summed E-state index contributed by atoms with van der Waals surface area (Å²) in [4.78, 5) is 13.2. The first-order valence-electron chi connectivity index (χ1n) is 10.3. The normalized spacial score (nSPS) is 10.6. The van der Waals surface area contributed by atoms with Crippen molar-refractivity contribution >= 4 is 5.91 Å². The molecule has 0 atom stereocenters. The van der Waals surface area contributed by atoms with Crippen LogP contribution in [-0.4, -0.2) is 29.9 Å². The van der Waals surface area contributed by atoms with Gasteiger partial charge in [0.05, 0.1) is 19.9 Å². The van der Waals surface area contributed by atoms with Crippen LogP contribution in [0.3, 0.4) is 0 Å². The molecule has 3 aromatic carbocycles. The molecule has 1 aromatic heterocycles. The molecule has 0 fully saturated rings. The number of carbonyl (C=O) groups excluding carboxylic acids is 1. The summed E-state index contributed by atoms with van der Waals surface area (Å²) in [6, 6.07) is 23.3. The largest absolute Gasteiger partial charge is 0.493 e. The molecule has 1 amide bonds. The number of para-hydroxylation sites is 1. The van der Waals surface area contributed by atoms with Crippen molar-refractivity contribution in [3.8, 4) is 28.3 Å². The third kappa shape index (κ3) is 4.34. The van der Waals surface area contributed by atoms with E-state index in [1.54, 1.807) is 18.9 Å². The molecule has 4 aromatic rings. The molecule has 6 nitrogen and oxygen atoms in total. The van der Waals surface area contributed by atoms with Crippen molar-refractivity contribution in [2.45, 2.75) is 13.5 Å². The number of nitrogens with one attached hydrogen (secondary N) is 1. The molecule has 0 aliphatic rings. The quantitative estimate of drug-likeness (QED) is 0.460. The smallest absolute Gasteiger partial charge is 0.272 e. The predicted molar refractivity (Wildman–Crippen MR) is 124 cm³/mol. The lowest BCUT2D eigenvalue weighted by atomic mass is 10.0. The van der Waals surface area contributed by atoms with Crippen LogP contribution in [0.4, 0.5) is 0 Å². The number of hydrogen-bond donors (Lipinski definition) is 1. The first-order valence-corrected chi connectivity index (χ1v) is 10.3. The second-order valence-electron chi connectivity index (χ2n) is 7.35. The fourth-order valence-electron chi connectivity index (χ4n) is 3.54. The molecule has 32 heavy (non-hydrogen) atoms. The van der Waals surface area contributed by atoms with Gasteiger partial charge in [0.1, 0.15) is 0 Å². The summed E-state index contributed by atoms with van der Waals surface area (Å²) in [5.74, 6) is 0.966. The van der Waals surface area contributed by atoms with E-state index in [2.05, 4.69) is 10.4 Å². The van der Waals surface area contributed by atoms with Gasteiger partial charge in [-0.2, -0.15) is 5.10 Å². The number of rotatable bonds is 7. The molecule has 0 aliphatic carbocycles. The van der Waals surface area contributed by atoms with E-state index < -0.39 is 0 Å². The Morgan fingerprint density at radius 3 is 2.38 bits per heavy atom. The predicted octanol–water partition coefficient (Wildman–Crippen LogP) is 4.79. The van der Waals surface area contributed by atoms with E-state index in [-0.39, 0.29) is 5.91 Å². The van der Waals surface area contributed by atoms with Gasteiger partial charge in [-0.1, -0.05) is 48.5 Å². The number of carbonyl (C=O) groups is 1. The van der Waals surface area contributed by atoms with Crippen LogP contribution in [0.5, 0.6) is 11.5 Å². The minimum absolute atomic E-state index is 0.243. The molecular weight excluding hydrogens is 402 g/mol. The van der Waals surface area contributed by atoms with E-state index in [1.165, 1.54) is 0 Å². The Morgan fingerprint density at radius 1 is 0.938 bits per heavy atom. The van der Waals surface area contributed by atoms with E-state index in [1.807, 2.05) is 85.9 Å². The second-order valence-corrected chi connectivity index (χ2v) is 7.35. The Balaban J connectivity index is 1.72. The molecule has 162 valence electrons. The number of hydrogen-bond acceptors (Lipinski definition) is 4. The van der Waals surface area contributed by atoms with Gasteiger partial charge in [0.25, 0.3) is 5.91 Å². The highest BCUT2D eigenvalue weighted by atomic mass is 16.5. The monoisotopic (exact) mass is 427 g/mol. The Labute approximate surface area is 187 Å². The number of nitrogens with zero attached hydrogens (tertiary/aromatic N) is 2. The Kier molecular flexibility index (Phi) is 6.22. The average Bonchev–Trinajstić information content (AvgIpc) is 3.29. The fourth-order valence-corrected chi connectivity index (χ4v) is 3.54. The van der Waals surface area contributed by atoms with Crippen LogP contribution in [0.2, 0.25) is 0 Å². The van der Waals surface area contributed by atoms with E-state index in [4.69, 9.17) is 9.47 Å². The summed E-state index contributed by atoms with van der Waals surface area (Å²) in [5.41, 5.74) is 4.92. The maximum Gasteiger partial charge on any atom is 0.272 e. The number of aryl methyl sites for hydroxylation is 1. The maximum absolute atomic E-state index is 13.2. The van der Waals surface area contributed by atoms with Gasteiger partial charge < -0.3 is 14.8 Å². The van der Waals surface area contributed by atoms with Crippen LogP contribution < -0.4 is 14.8 Å². The molecule has 0 bridgehead atoms. The van der Waals surface area contributed by atoms with Gasteiger partial charge in [0, 0.05) is 18.3 Å². The van der Waals surface area contributed by atoms with Crippen LogP contribution in [0.25, 0.3) is 16.8 Å². The van der Waals surface area contributed by atoms with Crippen LogP contribution in [0.1, 0.15) is 21.6 Å². The Bertz CT molecular complexity index is 1230. The van der Waals surface area contributed by atoms with E-state index in [0.717, 1.165) is 22.4 Å². The number of ether oxygens (including phenoxy) is 2. The zero-order valence-electron chi connectivity index (χ0n) is 18.3. The maximum atomic E-state index is 13.2. The first kappa shape index (κ1) is 21.2. The molecule has 0 aliphatic heterocycles. The van der Waals surface area contributed by atoms with Crippen molar-refractivity contribution in [1.29, 1.82) is 0 Å². The highest BCUT2D eigenvalue weighted by Crippen LogP contribution is 2.34. The number of amides is 1. The lowest BCUT2D eigenvalue weighted by Crippen LogP contribution is -2.24. The van der Waals surface area contributed by atoms with Crippen molar-refractivity contribution in [3.63, 3.8) is 0 Å². The molecule has 0 radical (unpaired) electrons. The molecule has 0 spiro atoms. The number of methoxy groups -OCH3 is 2. The minimum Gasteiger partial charge on any atom is -0.493 e. The van der Waals surface area contributed by atoms with Crippen LogP contribution in [0, 0.1) is 6.92 Å². The Hall–Kier alpha value is -4.06. The van der Waals surface area contributed by atoms with Gasteiger partial charge in [0.15, 0.2) is 17.2 Å². The first-order chi connectivity index (χ1) is 15.6. The highest BCUT2D eigenvalue weighted by molar-refractivity contribution is 5.99. The summed E-state index contributed by atoms with van der Waals surface area (Å²) in [6.07, 6.45) is 1.86. The third-order valence-electron chi connectivity index (χ3n) is 5.35. The van der Waals surface area contributed by atoms with Crippen molar-refractivity contribution in [1.82, 2.24) is 15.1 Å². The van der Waals surface area contributed by atoms with E-state index >= 15 is 0 Å². The van der Waals surface area contributed by atoms with Crippen molar-refractivity contribution in [3.05, 3.63) is 95.8 Å². The van der Waals surface area contributed by atoms with Crippen molar-refractivity contribution in [2.24, 2.45) is 0 Å². The van der Waals surface area contributed by atoms with Gasteiger partial charge in [-0.3, -0.25) is 4.79 Å². The second kappa shape index (κ2) is 9.39. The van der Waals surface area contributed by atoms with Gasteiger partial charge in [-0.15, -0.1) is 0 Å². The topological polar surface area (TPSA) is 65.4 Å². The molecule has 1 heterocycles. The van der Waals surface area contributed by atoms with Gasteiger partial charge >= 0.3 is 0 Å². The molecule has 6 heteroatoms. The highest BCUT2D eigenvalue weighted by Gasteiger charge is 2.20. The molecule has 0 unspecified atom stereocenters. The summed E-state index contributed by atoms with van der Waals surface area (Å²) in [7, 11) is 3.18. The number of aromatic nitrogens is 2. The van der Waals surface area contributed by atoms with Crippen molar-refractivity contribution < 1.29 is 14.3 Å². The summed E-state index contributed by atoms with van der Waals surface area (Å²) in [5, 5.41) is 7.63. The molecule has 0 saturated heterocycles. The molecule has 0 saturated carbocycles. The lowest BCUT2D eigenvalue weighted by molar-refractivity contribution is 0.0946. The van der Waals surface area contributed by atoms with Crippen LogP contribution >= 0.6 is 0 Å². The zero-order chi connectivity index (χ0) is 22.5. The minimum atomic E-state index is -0.243.